The second-order valence-corrected chi connectivity index (χ2v) is 6.78. The fourth-order valence-corrected chi connectivity index (χ4v) is 2.99. The van der Waals surface area contributed by atoms with Gasteiger partial charge in [-0.05, 0) is 58.4 Å². The number of phenolic OH excluding ortho intramolecular Hbond substituents is 1. The Labute approximate surface area is 120 Å². The lowest BCUT2D eigenvalue weighted by Gasteiger charge is -2.47. The molecule has 0 spiro atoms. The zero-order valence-corrected chi connectivity index (χ0v) is 12.9. The molecule has 20 heavy (non-hydrogen) atoms. The molecule has 4 heteroatoms. The lowest BCUT2D eigenvalue weighted by atomic mass is 9.97. The molecule has 0 aromatic heterocycles. The van der Waals surface area contributed by atoms with E-state index in [2.05, 4.69) is 0 Å². The SMILES string of the molecule is Cc1cc(O)ccc1C(=O)N1CC(C)(C)OC(C)(C)C1. The second-order valence-electron chi connectivity index (χ2n) is 6.78. The molecule has 1 aromatic rings. The van der Waals surface area contributed by atoms with Crippen LogP contribution in [0.3, 0.4) is 0 Å². The first-order valence-electron chi connectivity index (χ1n) is 6.89. The molecule has 1 saturated heterocycles. The third-order valence-electron chi connectivity index (χ3n) is 3.42. The molecular formula is C16H23NO3. The van der Waals surface area contributed by atoms with Crippen molar-refractivity contribution in [1.82, 2.24) is 4.90 Å². The van der Waals surface area contributed by atoms with Gasteiger partial charge in [0.05, 0.1) is 11.2 Å². The average Bonchev–Trinajstić information content (AvgIpc) is 2.23. The fraction of sp³-hybridized carbons (Fsp3) is 0.562. The number of hydrogen-bond acceptors (Lipinski definition) is 3. The Bertz CT molecular complexity index is 519. The van der Waals surface area contributed by atoms with Crippen LogP contribution in [-0.4, -0.2) is 40.2 Å². The summed E-state index contributed by atoms with van der Waals surface area (Å²) in [5, 5.41) is 9.45. The van der Waals surface area contributed by atoms with Crippen LogP contribution in [0.25, 0.3) is 0 Å². The molecule has 2 rings (SSSR count). The molecule has 1 amide bonds. The molecule has 4 nitrogen and oxygen atoms in total. The Morgan fingerprint density at radius 2 is 1.75 bits per heavy atom. The number of carbonyl (C=O) groups is 1. The molecule has 0 aliphatic carbocycles. The maximum absolute atomic E-state index is 12.7. The van der Waals surface area contributed by atoms with E-state index in [9.17, 15) is 9.90 Å². The molecule has 0 bridgehead atoms. The van der Waals surface area contributed by atoms with Crippen LogP contribution in [-0.2, 0) is 4.74 Å². The molecule has 1 aliphatic rings. The minimum absolute atomic E-state index is 0.00745. The van der Waals surface area contributed by atoms with Crippen molar-refractivity contribution in [3.8, 4) is 5.75 Å². The van der Waals surface area contributed by atoms with Crippen molar-refractivity contribution in [3.05, 3.63) is 29.3 Å². The normalized spacial score (nSPS) is 20.8. The van der Waals surface area contributed by atoms with Crippen LogP contribution in [0.2, 0.25) is 0 Å². The van der Waals surface area contributed by atoms with Gasteiger partial charge in [0.2, 0.25) is 0 Å². The number of nitrogens with zero attached hydrogens (tertiary/aromatic N) is 1. The molecule has 1 N–H and O–H groups in total. The number of carbonyl (C=O) groups excluding carboxylic acids is 1. The summed E-state index contributed by atoms with van der Waals surface area (Å²) in [5.41, 5.74) is 0.707. The zero-order valence-electron chi connectivity index (χ0n) is 12.9. The Kier molecular flexibility index (Phi) is 3.54. The number of amides is 1. The summed E-state index contributed by atoms with van der Waals surface area (Å²) in [6, 6.07) is 4.85. The van der Waals surface area contributed by atoms with Gasteiger partial charge in [-0.15, -0.1) is 0 Å². The third kappa shape index (κ3) is 3.12. The highest BCUT2D eigenvalue weighted by atomic mass is 16.5. The van der Waals surface area contributed by atoms with Crippen LogP contribution in [0.4, 0.5) is 0 Å². The van der Waals surface area contributed by atoms with Gasteiger partial charge in [0.1, 0.15) is 5.75 Å². The molecule has 0 saturated carbocycles. The van der Waals surface area contributed by atoms with Crippen molar-refractivity contribution in [1.29, 1.82) is 0 Å². The van der Waals surface area contributed by atoms with E-state index in [4.69, 9.17) is 4.74 Å². The number of ether oxygens (including phenoxy) is 1. The number of morpholine rings is 1. The molecule has 0 radical (unpaired) electrons. The maximum atomic E-state index is 12.7. The third-order valence-corrected chi connectivity index (χ3v) is 3.42. The number of phenols is 1. The molecule has 110 valence electrons. The van der Waals surface area contributed by atoms with E-state index in [1.54, 1.807) is 18.2 Å². The van der Waals surface area contributed by atoms with Crippen molar-refractivity contribution in [2.45, 2.75) is 45.8 Å². The van der Waals surface area contributed by atoms with E-state index >= 15 is 0 Å². The molecule has 0 unspecified atom stereocenters. The lowest BCUT2D eigenvalue weighted by Crippen LogP contribution is -2.58. The number of aromatic hydroxyl groups is 1. The van der Waals surface area contributed by atoms with Crippen LogP contribution in [0.15, 0.2) is 18.2 Å². The highest BCUT2D eigenvalue weighted by Crippen LogP contribution is 2.29. The van der Waals surface area contributed by atoms with Gasteiger partial charge in [0.25, 0.3) is 5.91 Å². The van der Waals surface area contributed by atoms with Gasteiger partial charge in [0, 0.05) is 18.7 Å². The van der Waals surface area contributed by atoms with Crippen LogP contribution >= 0.6 is 0 Å². The van der Waals surface area contributed by atoms with E-state index in [1.807, 2.05) is 39.5 Å². The topological polar surface area (TPSA) is 49.8 Å². The van der Waals surface area contributed by atoms with Crippen LogP contribution in [0.5, 0.6) is 5.75 Å². The minimum Gasteiger partial charge on any atom is -0.508 e. The first kappa shape index (κ1) is 14.9. The highest BCUT2D eigenvalue weighted by molar-refractivity contribution is 5.96. The second kappa shape index (κ2) is 4.77. The Morgan fingerprint density at radius 1 is 1.20 bits per heavy atom. The molecule has 1 aromatic carbocycles. The van der Waals surface area contributed by atoms with Crippen LogP contribution < -0.4 is 0 Å². The van der Waals surface area contributed by atoms with Gasteiger partial charge >= 0.3 is 0 Å². The Hall–Kier alpha value is -1.55. The first-order chi connectivity index (χ1) is 9.10. The van der Waals surface area contributed by atoms with Gasteiger partial charge < -0.3 is 14.7 Å². The van der Waals surface area contributed by atoms with E-state index in [0.717, 1.165) is 5.56 Å². The van der Waals surface area contributed by atoms with Crippen LogP contribution in [0, 0.1) is 6.92 Å². The van der Waals surface area contributed by atoms with Crippen molar-refractivity contribution in [3.63, 3.8) is 0 Å². The fourth-order valence-electron chi connectivity index (χ4n) is 2.99. The zero-order chi connectivity index (χ0) is 15.1. The van der Waals surface area contributed by atoms with Gasteiger partial charge in [-0.3, -0.25) is 4.79 Å². The first-order valence-corrected chi connectivity index (χ1v) is 6.89. The Morgan fingerprint density at radius 3 is 2.25 bits per heavy atom. The number of aryl methyl sites for hydroxylation is 1. The van der Waals surface area contributed by atoms with E-state index in [0.29, 0.717) is 18.7 Å². The van der Waals surface area contributed by atoms with Gasteiger partial charge in [-0.2, -0.15) is 0 Å². The Balaban J connectivity index is 2.28. The summed E-state index contributed by atoms with van der Waals surface area (Å²) < 4.78 is 5.99. The predicted octanol–water partition coefficient (Wildman–Crippen LogP) is 2.73. The number of rotatable bonds is 1. The number of benzene rings is 1. The summed E-state index contributed by atoms with van der Waals surface area (Å²) in [4.78, 5) is 14.5. The predicted molar refractivity (Wildman–Crippen MR) is 78.0 cm³/mol. The highest BCUT2D eigenvalue weighted by Gasteiger charge is 2.40. The van der Waals surface area contributed by atoms with Crippen LogP contribution in [0.1, 0.15) is 43.6 Å². The molecule has 0 atom stereocenters. The van der Waals surface area contributed by atoms with Crippen molar-refractivity contribution >= 4 is 5.91 Å². The summed E-state index contributed by atoms with van der Waals surface area (Å²) in [7, 11) is 0. The average molecular weight is 277 g/mol. The summed E-state index contributed by atoms with van der Waals surface area (Å²) in [6.07, 6.45) is 0. The van der Waals surface area contributed by atoms with Crippen molar-refractivity contribution in [2.75, 3.05) is 13.1 Å². The summed E-state index contributed by atoms with van der Waals surface area (Å²) in [5.74, 6) is 0.175. The van der Waals surface area contributed by atoms with Gasteiger partial charge in [-0.1, -0.05) is 0 Å². The lowest BCUT2D eigenvalue weighted by molar-refractivity contribution is -0.171. The van der Waals surface area contributed by atoms with Gasteiger partial charge in [0.15, 0.2) is 0 Å². The smallest absolute Gasteiger partial charge is 0.254 e. The summed E-state index contributed by atoms with van der Waals surface area (Å²) >= 11 is 0. The van der Waals surface area contributed by atoms with E-state index < -0.39 is 0 Å². The molecular weight excluding hydrogens is 254 g/mol. The van der Waals surface area contributed by atoms with E-state index in [1.165, 1.54) is 0 Å². The largest absolute Gasteiger partial charge is 0.508 e. The van der Waals surface area contributed by atoms with Crippen molar-refractivity contribution in [2.24, 2.45) is 0 Å². The quantitative estimate of drug-likeness (QED) is 0.858. The molecule has 1 fully saturated rings. The minimum atomic E-state index is -0.359. The van der Waals surface area contributed by atoms with E-state index in [-0.39, 0.29) is 22.9 Å². The monoisotopic (exact) mass is 277 g/mol. The van der Waals surface area contributed by atoms with Crippen molar-refractivity contribution < 1.29 is 14.6 Å². The maximum Gasteiger partial charge on any atom is 0.254 e. The molecule has 1 heterocycles. The molecule has 1 aliphatic heterocycles. The van der Waals surface area contributed by atoms with Gasteiger partial charge in [-0.25, -0.2) is 0 Å². The summed E-state index contributed by atoms with van der Waals surface area (Å²) in [6.45, 7) is 11.0. The standard InChI is InChI=1S/C16H23NO3/c1-11-8-12(18)6-7-13(11)14(19)17-9-15(2,3)20-16(4,5)10-17/h6-8,18H,9-10H2,1-5H3. The number of hydrogen-bond donors (Lipinski definition) is 1.